The molecular formula is C37H41FN4O2S. The number of para-hydroxylation sites is 2. The highest BCUT2D eigenvalue weighted by molar-refractivity contribution is 7.17. The molecule has 2 N–H and O–H groups in total. The number of nitrogens with one attached hydrogen (secondary N) is 2. The maximum Gasteiger partial charge on any atom is 0.276 e. The number of fused-ring (bicyclic) bond motifs is 3. The van der Waals surface area contributed by atoms with E-state index in [0.29, 0.717) is 40.8 Å². The van der Waals surface area contributed by atoms with E-state index in [0.717, 1.165) is 39.9 Å². The first-order valence-corrected chi connectivity index (χ1v) is 16.8. The van der Waals surface area contributed by atoms with E-state index in [1.165, 1.54) is 36.7 Å². The first-order valence-electron chi connectivity index (χ1n) is 16.0. The number of hydrogen-bond acceptors (Lipinski definition) is 5. The van der Waals surface area contributed by atoms with Crippen molar-refractivity contribution < 1.29 is 14.0 Å². The van der Waals surface area contributed by atoms with Crippen LogP contribution in [0.2, 0.25) is 0 Å². The van der Waals surface area contributed by atoms with Crippen molar-refractivity contribution in [1.82, 2.24) is 4.98 Å². The molecule has 2 amide bonds. The van der Waals surface area contributed by atoms with Gasteiger partial charge in [0.1, 0.15) is 17.3 Å². The molecule has 2 aromatic carbocycles. The highest BCUT2D eigenvalue weighted by atomic mass is 32.1. The molecule has 3 heterocycles. The van der Waals surface area contributed by atoms with Crippen molar-refractivity contribution in [3.05, 3.63) is 94.2 Å². The first kappa shape index (κ1) is 31.0. The Morgan fingerprint density at radius 2 is 1.78 bits per heavy atom. The van der Waals surface area contributed by atoms with Crippen LogP contribution in [0.5, 0.6) is 0 Å². The van der Waals surface area contributed by atoms with Crippen LogP contribution in [-0.4, -0.2) is 29.4 Å². The minimum Gasteiger partial charge on any atom is -0.368 e. The first-order chi connectivity index (χ1) is 21.7. The number of amides is 2. The molecule has 1 saturated carbocycles. The Kier molecular flexibility index (Phi) is 9.04. The summed E-state index contributed by atoms with van der Waals surface area (Å²) in [7, 11) is 0. The van der Waals surface area contributed by atoms with Crippen LogP contribution in [0, 0.1) is 30.5 Å². The summed E-state index contributed by atoms with van der Waals surface area (Å²) in [5.41, 5.74) is 3.92. The van der Waals surface area contributed by atoms with Crippen molar-refractivity contribution >= 4 is 40.3 Å². The molecule has 1 aliphatic carbocycles. The van der Waals surface area contributed by atoms with Gasteiger partial charge in [-0.3, -0.25) is 9.59 Å². The normalized spacial score (nSPS) is 20.0. The van der Waals surface area contributed by atoms with Gasteiger partial charge in [-0.05, 0) is 105 Å². The molecule has 0 spiro atoms. The van der Waals surface area contributed by atoms with Gasteiger partial charge in [-0.15, -0.1) is 11.3 Å². The average Bonchev–Trinajstić information content (AvgIpc) is 3.36. The van der Waals surface area contributed by atoms with Gasteiger partial charge in [0, 0.05) is 23.0 Å². The number of benzene rings is 2. The monoisotopic (exact) mass is 624 g/mol. The molecule has 3 atom stereocenters. The zero-order valence-corrected chi connectivity index (χ0v) is 27.2. The van der Waals surface area contributed by atoms with E-state index in [9.17, 15) is 14.0 Å². The van der Waals surface area contributed by atoms with Crippen LogP contribution in [0.3, 0.4) is 0 Å². The van der Waals surface area contributed by atoms with Crippen molar-refractivity contribution in [3.63, 3.8) is 0 Å². The molecule has 0 saturated heterocycles. The Labute approximate surface area is 269 Å². The van der Waals surface area contributed by atoms with Crippen molar-refractivity contribution in [2.24, 2.45) is 17.8 Å². The van der Waals surface area contributed by atoms with Gasteiger partial charge in [0.05, 0.1) is 16.3 Å². The third-order valence-electron chi connectivity index (χ3n) is 9.11. The summed E-state index contributed by atoms with van der Waals surface area (Å²) in [6, 6.07) is 20.3. The van der Waals surface area contributed by atoms with Gasteiger partial charge in [0.25, 0.3) is 11.8 Å². The van der Waals surface area contributed by atoms with Gasteiger partial charge in [-0.25, -0.2) is 9.37 Å². The molecule has 2 aliphatic rings. The van der Waals surface area contributed by atoms with Crippen LogP contribution in [0.1, 0.15) is 77.7 Å². The molecule has 8 heteroatoms. The lowest BCUT2D eigenvalue weighted by Gasteiger charge is -2.33. The number of aryl methyl sites for hydroxylation is 1. The second-order valence-electron chi connectivity index (χ2n) is 13.0. The summed E-state index contributed by atoms with van der Waals surface area (Å²) in [4.78, 5) is 35.2. The Balaban J connectivity index is 1.19. The molecule has 234 valence electrons. The van der Waals surface area contributed by atoms with E-state index in [1.54, 1.807) is 30.0 Å². The average molecular weight is 625 g/mol. The maximum absolute atomic E-state index is 14.4. The largest absolute Gasteiger partial charge is 0.368 e. The van der Waals surface area contributed by atoms with Gasteiger partial charge in [-0.2, -0.15) is 0 Å². The van der Waals surface area contributed by atoms with E-state index in [2.05, 4.69) is 31.4 Å². The van der Waals surface area contributed by atoms with Gasteiger partial charge in [-0.1, -0.05) is 50.2 Å². The quantitative estimate of drug-likeness (QED) is 0.215. The Morgan fingerprint density at radius 3 is 2.56 bits per heavy atom. The molecule has 1 aliphatic heterocycles. The highest BCUT2D eigenvalue weighted by Gasteiger charge is 2.29. The van der Waals surface area contributed by atoms with Crippen LogP contribution in [0.4, 0.5) is 21.6 Å². The zero-order valence-electron chi connectivity index (χ0n) is 26.4. The fourth-order valence-electron chi connectivity index (χ4n) is 7.27. The molecule has 6 rings (SSSR count). The number of hydrogen-bond donors (Lipinski definition) is 2. The van der Waals surface area contributed by atoms with Crippen molar-refractivity contribution in [3.8, 4) is 10.4 Å². The van der Waals surface area contributed by atoms with Gasteiger partial charge in [0.2, 0.25) is 0 Å². The maximum atomic E-state index is 14.4. The lowest BCUT2D eigenvalue weighted by atomic mass is 9.74. The van der Waals surface area contributed by atoms with Gasteiger partial charge < -0.3 is 15.5 Å². The molecule has 1 fully saturated rings. The summed E-state index contributed by atoms with van der Waals surface area (Å²) in [5, 5.41) is 6.31. The molecule has 6 nitrogen and oxygen atoms in total. The molecule has 4 aromatic rings. The van der Waals surface area contributed by atoms with Crippen molar-refractivity contribution in [2.75, 3.05) is 22.1 Å². The predicted molar refractivity (Wildman–Crippen MR) is 182 cm³/mol. The number of pyridine rings is 1. The van der Waals surface area contributed by atoms with E-state index < -0.39 is 5.82 Å². The summed E-state index contributed by atoms with van der Waals surface area (Å²) >= 11 is 1.37. The second-order valence-corrected chi connectivity index (χ2v) is 14.1. The van der Waals surface area contributed by atoms with Crippen LogP contribution >= 0.6 is 11.3 Å². The standard InChI is InChI=1S/C37H41FN4O2S/c1-22-17-23(2)19-26(18-22)20-25(4)39-33-14-8-12-30(40-33)37(44)42-16-15-27-21-32(45-35(27)28-10-5-6-13-31(28)42)36(43)41-34-24(3)9-7-11-29(34)38/h5-14,21-23,25-26H,15-20H2,1-4H3,(H,39,40)(H,41,43). The molecule has 0 bridgehead atoms. The van der Waals surface area contributed by atoms with Crippen LogP contribution in [-0.2, 0) is 6.42 Å². The lowest BCUT2D eigenvalue weighted by molar-refractivity contribution is 0.0981. The lowest BCUT2D eigenvalue weighted by Crippen LogP contribution is -2.33. The predicted octanol–water partition coefficient (Wildman–Crippen LogP) is 8.98. The number of anilines is 3. The Bertz CT molecular complexity index is 1690. The summed E-state index contributed by atoms with van der Waals surface area (Å²) in [5.74, 6) is 2.02. The smallest absolute Gasteiger partial charge is 0.276 e. The second kappa shape index (κ2) is 13.1. The number of carbonyl (C=O) groups excluding carboxylic acids is 2. The molecule has 0 radical (unpaired) electrons. The number of aromatic nitrogens is 1. The number of rotatable bonds is 7. The molecular weight excluding hydrogens is 583 g/mol. The third kappa shape index (κ3) is 6.81. The number of thiophene rings is 1. The van der Waals surface area contributed by atoms with Gasteiger partial charge >= 0.3 is 0 Å². The number of halogens is 1. The molecule has 3 unspecified atom stereocenters. The van der Waals surface area contributed by atoms with E-state index in [-0.39, 0.29) is 23.5 Å². The van der Waals surface area contributed by atoms with Crippen LogP contribution in [0.15, 0.2) is 66.7 Å². The van der Waals surface area contributed by atoms with Gasteiger partial charge in [0.15, 0.2) is 0 Å². The highest BCUT2D eigenvalue weighted by Crippen LogP contribution is 2.42. The van der Waals surface area contributed by atoms with E-state index >= 15 is 0 Å². The fourth-order valence-corrected chi connectivity index (χ4v) is 8.41. The number of carbonyl (C=O) groups is 2. The minimum absolute atomic E-state index is 0.156. The summed E-state index contributed by atoms with van der Waals surface area (Å²) in [6.45, 7) is 9.14. The Morgan fingerprint density at radius 1 is 1.02 bits per heavy atom. The molecule has 45 heavy (non-hydrogen) atoms. The van der Waals surface area contributed by atoms with Crippen LogP contribution in [0.25, 0.3) is 10.4 Å². The van der Waals surface area contributed by atoms with E-state index in [1.807, 2.05) is 42.5 Å². The number of nitrogens with zero attached hydrogens (tertiary/aromatic N) is 2. The minimum atomic E-state index is -0.461. The molecule has 2 aromatic heterocycles. The SMILES string of the molecule is Cc1cccc(F)c1NC(=O)c1cc2c(s1)-c1ccccc1N(C(=O)c1cccc(NC(C)CC3CC(C)CC(C)C3)n1)CC2. The van der Waals surface area contributed by atoms with Crippen molar-refractivity contribution in [1.29, 1.82) is 0 Å². The van der Waals surface area contributed by atoms with Crippen LogP contribution < -0.4 is 15.5 Å². The Hall–Kier alpha value is -4.04. The fraction of sp³-hybridized carbons (Fsp3) is 0.378. The summed E-state index contributed by atoms with van der Waals surface area (Å²) in [6.07, 6.45) is 5.55. The topological polar surface area (TPSA) is 74.3 Å². The van der Waals surface area contributed by atoms with E-state index in [4.69, 9.17) is 4.98 Å². The summed E-state index contributed by atoms with van der Waals surface area (Å²) < 4.78 is 14.4. The van der Waals surface area contributed by atoms with Crippen molar-refractivity contribution in [2.45, 2.75) is 65.8 Å². The third-order valence-corrected chi connectivity index (χ3v) is 10.3. The zero-order chi connectivity index (χ0) is 31.7.